The second-order valence-electron chi connectivity index (χ2n) is 2.47. The first-order chi connectivity index (χ1) is 3.45. The van der Waals surface area contributed by atoms with Gasteiger partial charge in [-0.25, -0.2) is 0 Å². The molecule has 0 spiro atoms. The predicted octanol–water partition coefficient (Wildman–Crippen LogP) is -0.475. The first-order valence-corrected chi connectivity index (χ1v) is 2.92. The standard InChI is InChI=1S/C5H10N2/c1-4-2-6-5(1)7-3-4/h4-7H,1-3H2. The van der Waals surface area contributed by atoms with Crippen molar-refractivity contribution in [2.45, 2.75) is 12.6 Å². The maximum absolute atomic E-state index is 3.34. The Morgan fingerprint density at radius 1 is 1.14 bits per heavy atom. The van der Waals surface area contributed by atoms with E-state index in [9.17, 15) is 0 Å². The van der Waals surface area contributed by atoms with E-state index >= 15 is 0 Å². The fraction of sp³-hybridized carbons (Fsp3) is 1.00. The Hall–Kier alpha value is -0.0800. The van der Waals surface area contributed by atoms with E-state index in [1.165, 1.54) is 19.5 Å². The normalized spacial score (nSPS) is 48.0. The van der Waals surface area contributed by atoms with Gasteiger partial charge in [0.15, 0.2) is 0 Å². The average molecular weight is 98.1 g/mol. The molecule has 0 aliphatic carbocycles. The van der Waals surface area contributed by atoms with Crippen LogP contribution in [-0.2, 0) is 0 Å². The first-order valence-electron chi connectivity index (χ1n) is 2.92. The smallest absolute Gasteiger partial charge is 0.0575 e. The van der Waals surface area contributed by atoms with E-state index in [2.05, 4.69) is 10.6 Å². The van der Waals surface area contributed by atoms with E-state index in [1.54, 1.807) is 0 Å². The number of hydrogen-bond acceptors (Lipinski definition) is 2. The van der Waals surface area contributed by atoms with Gasteiger partial charge in [0.25, 0.3) is 0 Å². The number of fused-ring (bicyclic) bond motifs is 2. The van der Waals surface area contributed by atoms with Crippen molar-refractivity contribution in [3.63, 3.8) is 0 Å². The molecule has 2 bridgehead atoms. The van der Waals surface area contributed by atoms with Crippen molar-refractivity contribution in [3.05, 3.63) is 0 Å². The van der Waals surface area contributed by atoms with Crippen molar-refractivity contribution in [2.75, 3.05) is 13.1 Å². The van der Waals surface area contributed by atoms with Gasteiger partial charge in [-0.3, -0.25) is 0 Å². The van der Waals surface area contributed by atoms with Gasteiger partial charge in [0.05, 0.1) is 6.17 Å². The molecule has 2 heterocycles. The third-order valence-corrected chi connectivity index (χ3v) is 1.87. The van der Waals surface area contributed by atoms with Crippen LogP contribution >= 0.6 is 0 Å². The molecule has 2 aliphatic rings. The maximum atomic E-state index is 3.34. The van der Waals surface area contributed by atoms with Crippen LogP contribution in [0.1, 0.15) is 6.42 Å². The highest BCUT2D eigenvalue weighted by molar-refractivity contribution is 4.88. The van der Waals surface area contributed by atoms with Crippen molar-refractivity contribution < 1.29 is 0 Å². The first kappa shape index (κ1) is 3.87. The van der Waals surface area contributed by atoms with Crippen LogP contribution in [0.25, 0.3) is 0 Å². The minimum Gasteiger partial charge on any atom is -0.302 e. The van der Waals surface area contributed by atoms with Gasteiger partial charge in [-0.1, -0.05) is 0 Å². The van der Waals surface area contributed by atoms with Crippen LogP contribution in [0.5, 0.6) is 0 Å². The van der Waals surface area contributed by atoms with Gasteiger partial charge in [-0.2, -0.15) is 0 Å². The molecule has 2 nitrogen and oxygen atoms in total. The lowest BCUT2D eigenvalue weighted by Crippen LogP contribution is -2.39. The van der Waals surface area contributed by atoms with Gasteiger partial charge >= 0.3 is 0 Å². The van der Waals surface area contributed by atoms with Crippen LogP contribution < -0.4 is 10.6 Å². The van der Waals surface area contributed by atoms with Crippen molar-refractivity contribution in [1.82, 2.24) is 10.6 Å². The van der Waals surface area contributed by atoms with Crippen molar-refractivity contribution >= 4 is 0 Å². The van der Waals surface area contributed by atoms with Crippen molar-refractivity contribution in [3.8, 4) is 0 Å². The summed E-state index contributed by atoms with van der Waals surface area (Å²) in [5, 5.41) is 6.69. The SMILES string of the molecule is C1NC2CC1CN2. The third-order valence-electron chi connectivity index (χ3n) is 1.87. The summed E-state index contributed by atoms with van der Waals surface area (Å²) in [5.74, 6) is 0.949. The second-order valence-corrected chi connectivity index (χ2v) is 2.47. The second kappa shape index (κ2) is 1.20. The van der Waals surface area contributed by atoms with E-state index in [0.717, 1.165) is 5.92 Å². The van der Waals surface area contributed by atoms with Gasteiger partial charge < -0.3 is 10.6 Å². The summed E-state index contributed by atoms with van der Waals surface area (Å²) >= 11 is 0. The van der Waals surface area contributed by atoms with E-state index in [4.69, 9.17) is 0 Å². The van der Waals surface area contributed by atoms with E-state index in [-0.39, 0.29) is 0 Å². The molecular formula is C5H10N2. The summed E-state index contributed by atoms with van der Waals surface area (Å²) in [6.07, 6.45) is 2.03. The molecule has 2 aliphatic heterocycles. The molecule has 0 saturated carbocycles. The summed E-state index contributed by atoms with van der Waals surface area (Å²) in [6.45, 7) is 2.50. The Bertz CT molecular complexity index is 64.1. The molecule has 40 valence electrons. The summed E-state index contributed by atoms with van der Waals surface area (Å²) in [6, 6.07) is 0. The lowest BCUT2D eigenvalue weighted by atomic mass is 10.2. The lowest BCUT2D eigenvalue weighted by molar-refractivity contribution is 0.481. The molecule has 0 atom stereocenters. The molecule has 2 rings (SSSR count). The van der Waals surface area contributed by atoms with Crippen LogP contribution in [-0.4, -0.2) is 19.3 Å². The molecule has 0 radical (unpaired) electrons. The highest BCUT2D eigenvalue weighted by Gasteiger charge is 2.29. The largest absolute Gasteiger partial charge is 0.302 e. The minimum atomic E-state index is 0.671. The zero-order chi connectivity index (χ0) is 4.69. The van der Waals surface area contributed by atoms with Gasteiger partial charge in [0, 0.05) is 13.1 Å². The maximum Gasteiger partial charge on any atom is 0.0575 e. The number of nitrogens with one attached hydrogen (secondary N) is 2. The third kappa shape index (κ3) is 0.469. The Morgan fingerprint density at radius 2 is 1.86 bits per heavy atom. The van der Waals surface area contributed by atoms with E-state index in [0.29, 0.717) is 6.17 Å². The molecule has 2 saturated heterocycles. The molecular weight excluding hydrogens is 88.1 g/mol. The van der Waals surface area contributed by atoms with Crippen molar-refractivity contribution in [2.24, 2.45) is 5.92 Å². The van der Waals surface area contributed by atoms with Crippen LogP contribution in [0.2, 0.25) is 0 Å². The van der Waals surface area contributed by atoms with Crippen LogP contribution in [0.3, 0.4) is 0 Å². The molecule has 2 N–H and O–H groups in total. The lowest BCUT2D eigenvalue weighted by Gasteiger charge is -2.10. The zero-order valence-electron chi connectivity index (χ0n) is 4.28. The van der Waals surface area contributed by atoms with E-state index in [1.807, 2.05) is 0 Å². The van der Waals surface area contributed by atoms with E-state index < -0.39 is 0 Å². The Morgan fingerprint density at radius 3 is 2.00 bits per heavy atom. The fourth-order valence-corrected chi connectivity index (χ4v) is 1.43. The Kier molecular flexibility index (Phi) is 0.664. The summed E-state index contributed by atoms with van der Waals surface area (Å²) in [4.78, 5) is 0. The van der Waals surface area contributed by atoms with Gasteiger partial charge in [-0.05, 0) is 12.3 Å². The van der Waals surface area contributed by atoms with Crippen LogP contribution in [0.4, 0.5) is 0 Å². The van der Waals surface area contributed by atoms with Gasteiger partial charge in [0.2, 0.25) is 0 Å². The molecule has 7 heavy (non-hydrogen) atoms. The Balaban J connectivity index is 2.12. The molecule has 0 amide bonds. The summed E-state index contributed by atoms with van der Waals surface area (Å²) in [5.41, 5.74) is 0. The molecule has 0 aromatic carbocycles. The van der Waals surface area contributed by atoms with Crippen molar-refractivity contribution in [1.29, 1.82) is 0 Å². The predicted molar refractivity (Wildman–Crippen MR) is 27.9 cm³/mol. The molecule has 0 aromatic heterocycles. The highest BCUT2D eigenvalue weighted by atomic mass is 15.2. The topological polar surface area (TPSA) is 24.1 Å². The Labute approximate surface area is 43.3 Å². The highest BCUT2D eigenvalue weighted by Crippen LogP contribution is 2.16. The molecule has 0 unspecified atom stereocenters. The number of rotatable bonds is 0. The average Bonchev–Trinajstić information content (AvgIpc) is 2.22. The number of hydrogen-bond donors (Lipinski definition) is 2. The van der Waals surface area contributed by atoms with Crippen LogP contribution in [0.15, 0.2) is 0 Å². The molecule has 2 fully saturated rings. The van der Waals surface area contributed by atoms with Crippen LogP contribution in [0, 0.1) is 5.92 Å². The molecule has 2 heteroatoms. The van der Waals surface area contributed by atoms with Gasteiger partial charge in [0.1, 0.15) is 0 Å². The summed E-state index contributed by atoms with van der Waals surface area (Å²) < 4.78 is 0. The summed E-state index contributed by atoms with van der Waals surface area (Å²) in [7, 11) is 0. The quantitative estimate of drug-likeness (QED) is 0.428. The minimum absolute atomic E-state index is 0.671. The zero-order valence-corrected chi connectivity index (χ0v) is 4.28. The monoisotopic (exact) mass is 98.1 g/mol. The van der Waals surface area contributed by atoms with Gasteiger partial charge in [-0.15, -0.1) is 0 Å². The fourth-order valence-electron chi connectivity index (χ4n) is 1.43. The molecule has 0 aromatic rings.